The van der Waals surface area contributed by atoms with E-state index >= 15 is 0 Å². The highest BCUT2D eigenvalue weighted by molar-refractivity contribution is 5.80. The van der Waals surface area contributed by atoms with Gasteiger partial charge in [0.05, 0.1) is 26.2 Å². The average Bonchev–Trinajstić information content (AvgIpc) is 2.60. The Morgan fingerprint density at radius 3 is 2.50 bits per heavy atom. The number of rotatable bonds is 7. The van der Waals surface area contributed by atoms with Gasteiger partial charge in [0.25, 0.3) is 0 Å². The molecule has 0 aromatic heterocycles. The summed E-state index contributed by atoms with van der Waals surface area (Å²) < 4.78 is 10.8. The molecule has 26 heavy (non-hydrogen) atoms. The Balaban J connectivity index is 1.88. The smallest absolute Gasteiger partial charge is 0.226 e. The molecule has 2 N–H and O–H groups in total. The quantitative estimate of drug-likeness (QED) is 0.802. The molecule has 3 rings (SSSR count). The molecule has 1 unspecified atom stereocenters. The third-order valence-corrected chi connectivity index (χ3v) is 4.96. The van der Waals surface area contributed by atoms with Crippen LogP contribution in [0.5, 0.6) is 11.5 Å². The normalized spacial score (nSPS) is 15.0. The van der Waals surface area contributed by atoms with Gasteiger partial charge in [-0.2, -0.15) is 0 Å². The highest BCUT2D eigenvalue weighted by Gasteiger charge is 2.27. The van der Waals surface area contributed by atoms with E-state index in [9.17, 15) is 4.79 Å². The Kier molecular flexibility index (Phi) is 5.78. The SMILES string of the molecule is COc1ccc(C(Cc2ccccc2C)NC(=O)C2CNC2)cc1OC. The topological polar surface area (TPSA) is 59.6 Å². The zero-order chi connectivity index (χ0) is 18.5. The fourth-order valence-corrected chi connectivity index (χ4v) is 3.14. The van der Waals surface area contributed by atoms with Crippen LogP contribution < -0.4 is 20.1 Å². The number of carbonyl (C=O) groups is 1. The number of methoxy groups -OCH3 is 2. The first kappa shape index (κ1) is 18.3. The fraction of sp³-hybridized carbons (Fsp3) is 0.381. The van der Waals surface area contributed by atoms with Crippen LogP contribution in [0.25, 0.3) is 0 Å². The molecule has 0 spiro atoms. The second kappa shape index (κ2) is 8.23. The molecule has 0 aliphatic carbocycles. The van der Waals surface area contributed by atoms with Crippen molar-refractivity contribution in [3.05, 3.63) is 59.2 Å². The Bertz CT molecular complexity index is 772. The van der Waals surface area contributed by atoms with Gasteiger partial charge in [-0.15, -0.1) is 0 Å². The number of hydrogen-bond donors (Lipinski definition) is 2. The third kappa shape index (κ3) is 3.99. The second-order valence-electron chi connectivity index (χ2n) is 6.66. The number of ether oxygens (including phenoxy) is 2. The number of nitrogens with one attached hydrogen (secondary N) is 2. The lowest BCUT2D eigenvalue weighted by Crippen LogP contribution is -2.51. The predicted molar refractivity (Wildman–Crippen MR) is 102 cm³/mol. The Morgan fingerprint density at radius 1 is 1.15 bits per heavy atom. The molecule has 1 aliphatic heterocycles. The van der Waals surface area contributed by atoms with Crippen LogP contribution in [-0.4, -0.2) is 33.2 Å². The molecule has 1 heterocycles. The average molecular weight is 354 g/mol. The summed E-state index contributed by atoms with van der Waals surface area (Å²) in [5, 5.41) is 6.37. The van der Waals surface area contributed by atoms with Crippen molar-refractivity contribution in [1.29, 1.82) is 0 Å². The summed E-state index contributed by atoms with van der Waals surface area (Å²) in [6.07, 6.45) is 0.730. The van der Waals surface area contributed by atoms with E-state index in [4.69, 9.17) is 9.47 Å². The van der Waals surface area contributed by atoms with E-state index in [2.05, 4.69) is 29.7 Å². The van der Waals surface area contributed by atoms with E-state index in [1.165, 1.54) is 11.1 Å². The highest BCUT2D eigenvalue weighted by Crippen LogP contribution is 2.31. The van der Waals surface area contributed by atoms with E-state index in [-0.39, 0.29) is 17.9 Å². The van der Waals surface area contributed by atoms with Gasteiger partial charge in [-0.3, -0.25) is 4.79 Å². The molecule has 1 fully saturated rings. The van der Waals surface area contributed by atoms with Gasteiger partial charge in [-0.1, -0.05) is 30.3 Å². The molecule has 138 valence electrons. The van der Waals surface area contributed by atoms with E-state index < -0.39 is 0 Å². The molecule has 0 bridgehead atoms. The fourth-order valence-electron chi connectivity index (χ4n) is 3.14. The second-order valence-corrected chi connectivity index (χ2v) is 6.66. The van der Waals surface area contributed by atoms with Gasteiger partial charge < -0.3 is 20.1 Å². The predicted octanol–water partition coefficient (Wildman–Crippen LogP) is 2.63. The van der Waals surface area contributed by atoms with Crippen LogP contribution in [0.1, 0.15) is 22.7 Å². The first-order chi connectivity index (χ1) is 12.6. The van der Waals surface area contributed by atoms with Crippen LogP contribution in [0.15, 0.2) is 42.5 Å². The van der Waals surface area contributed by atoms with Crippen LogP contribution >= 0.6 is 0 Å². The summed E-state index contributed by atoms with van der Waals surface area (Å²) in [5.74, 6) is 1.49. The molecule has 1 aliphatic rings. The Labute approximate surface area is 154 Å². The van der Waals surface area contributed by atoms with Crippen LogP contribution in [0, 0.1) is 12.8 Å². The lowest BCUT2D eigenvalue weighted by atomic mass is 9.94. The largest absolute Gasteiger partial charge is 0.493 e. The van der Waals surface area contributed by atoms with Crippen molar-refractivity contribution in [2.24, 2.45) is 5.92 Å². The molecular weight excluding hydrogens is 328 g/mol. The van der Waals surface area contributed by atoms with Crippen molar-refractivity contribution >= 4 is 5.91 Å². The van der Waals surface area contributed by atoms with Crippen LogP contribution in [0.3, 0.4) is 0 Å². The van der Waals surface area contributed by atoms with Crippen LogP contribution in [-0.2, 0) is 11.2 Å². The van der Waals surface area contributed by atoms with Crippen molar-refractivity contribution in [3.63, 3.8) is 0 Å². The first-order valence-electron chi connectivity index (χ1n) is 8.90. The van der Waals surface area contributed by atoms with Crippen molar-refractivity contribution < 1.29 is 14.3 Å². The zero-order valence-corrected chi connectivity index (χ0v) is 15.5. The molecule has 1 saturated heterocycles. The number of amides is 1. The van der Waals surface area contributed by atoms with Gasteiger partial charge in [0.2, 0.25) is 5.91 Å². The minimum Gasteiger partial charge on any atom is -0.493 e. The minimum atomic E-state index is -0.121. The monoisotopic (exact) mass is 354 g/mol. The lowest BCUT2D eigenvalue weighted by Gasteiger charge is -2.29. The summed E-state index contributed by atoms with van der Waals surface area (Å²) in [6.45, 7) is 3.59. The van der Waals surface area contributed by atoms with Gasteiger partial charge in [0, 0.05) is 13.1 Å². The van der Waals surface area contributed by atoms with E-state index in [1.54, 1.807) is 14.2 Å². The summed E-state index contributed by atoms with van der Waals surface area (Å²) in [5.41, 5.74) is 3.45. The van der Waals surface area contributed by atoms with Gasteiger partial charge in [-0.25, -0.2) is 0 Å². The molecule has 2 aromatic carbocycles. The van der Waals surface area contributed by atoms with E-state index in [0.717, 1.165) is 25.1 Å². The number of carbonyl (C=O) groups excluding carboxylic acids is 1. The standard InChI is InChI=1S/C21H26N2O3/c1-14-6-4-5-7-15(14)10-18(23-21(24)17-12-22-13-17)16-8-9-19(25-2)20(11-16)26-3/h4-9,11,17-18,22H,10,12-13H2,1-3H3,(H,23,24). The van der Waals surface area contributed by atoms with Crippen molar-refractivity contribution in [2.75, 3.05) is 27.3 Å². The molecule has 5 nitrogen and oxygen atoms in total. The molecule has 1 atom stereocenters. The molecule has 0 radical (unpaired) electrons. The maximum atomic E-state index is 12.6. The van der Waals surface area contributed by atoms with Gasteiger partial charge >= 0.3 is 0 Å². The Hall–Kier alpha value is -2.53. The minimum absolute atomic E-state index is 0.0505. The van der Waals surface area contributed by atoms with Crippen LogP contribution in [0.2, 0.25) is 0 Å². The highest BCUT2D eigenvalue weighted by atomic mass is 16.5. The van der Waals surface area contributed by atoms with Crippen molar-refractivity contribution in [3.8, 4) is 11.5 Å². The van der Waals surface area contributed by atoms with E-state index in [0.29, 0.717) is 11.5 Å². The van der Waals surface area contributed by atoms with Crippen molar-refractivity contribution in [1.82, 2.24) is 10.6 Å². The number of hydrogen-bond acceptors (Lipinski definition) is 4. The summed E-state index contributed by atoms with van der Waals surface area (Å²) >= 11 is 0. The van der Waals surface area contributed by atoms with Crippen molar-refractivity contribution in [2.45, 2.75) is 19.4 Å². The van der Waals surface area contributed by atoms with E-state index in [1.807, 2.05) is 30.3 Å². The van der Waals surface area contributed by atoms with Gasteiger partial charge in [0.15, 0.2) is 11.5 Å². The van der Waals surface area contributed by atoms with Gasteiger partial charge in [0.1, 0.15) is 0 Å². The maximum Gasteiger partial charge on any atom is 0.226 e. The lowest BCUT2D eigenvalue weighted by molar-refractivity contribution is -0.127. The molecule has 5 heteroatoms. The summed E-state index contributed by atoms with van der Waals surface area (Å²) in [6, 6.07) is 14.0. The number of benzene rings is 2. The Morgan fingerprint density at radius 2 is 1.88 bits per heavy atom. The molecule has 1 amide bonds. The zero-order valence-electron chi connectivity index (χ0n) is 15.5. The summed E-state index contributed by atoms with van der Waals surface area (Å²) in [4.78, 5) is 12.6. The first-order valence-corrected chi connectivity index (χ1v) is 8.90. The number of aryl methyl sites for hydroxylation is 1. The molecular formula is C21H26N2O3. The molecule has 2 aromatic rings. The third-order valence-electron chi connectivity index (χ3n) is 4.96. The molecule has 0 saturated carbocycles. The van der Waals surface area contributed by atoms with Gasteiger partial charge in [-0.05, 0) is 42.2 Å². The van der Waals surface area contributed by atoms with Crippen LogP contribution in [0.4, 0.5) is 0 Å². The summed E-state index contributed by atoms with van der Waals surface area (Å²) in [7, 11) is 3.24. The maximum absolute atomic E-state index is 12.6.